The van der Waals surface area contributed by atoms with Crippen molar-refractivity contribution >= 4 is 5.78 Å². The summed E-state index contributed by atoms with van der Waals surface area (Å²) in [5.41, 5.74) is 0. The Hall–Kier alpha value is -0.890. The molecule has 0 spiro atoms. The number of aliphatic hydroxyl groups excluding tert-OH is 1. The van der Waals surface area contributed by atoms with Crippen LogP contribution in [0.15, 0.2) is 24.3 Å². The van der Waals surface area contributed by atoms with Gasteiger partial charge in [0.1, 0.15) is 0 Å². The number of rotatable bonds is 0. The molecule has 0 aliphatic heterocycles. The van der Waals surface area contributed by atoms with Gasteiger partial charge < -0.3 is 5.11 Å². The minimum atomic E-state index is -0.442. The summed E-state index contributed by atoms with van der Waals surface area (Å²) in [5.74, 6) is 0.594. The second kappa shape index (κ2) is 3.11. The molecule has 4 atom stereocenters. The van der Waals surface area contributed by atoms with Gasteiger partial charge in [-0.15, -0.1) is 0 Å². The van der Waals surface area contributed by atoms with Gasteiger partial charge in [-0.05, 0) is 18.4 Å². The molecule has 0 saturated heterocycles. The quantitative estimate of drug-likeness (QED) is 0.568. The Morgan fingerprint density at radius 3 is 2.92 bits per heavy atom. The van der Waals surface area contributed by atoms with Crippen molar-refractivity contribution in [1.82, 2.24) is 0 Å². The number of hydrogen-bond acceptors (Lipinski definition) is 2. The highest BCUT2D eigenvalue weighted by Crippen LogP contribution is 2.36. The fourth-order valence-corrected chi connectivity index (χ4v) is 2.39. The summed E-state index contributed by atoms with van der Waals surface area (Å²) >= 11 is 0. The number of ketones is 1. The third-order valence-corrected chi connectivity index (χ3v) is 3.12. The molecule has 2 aliphatic carbocycles. The van der Waals surface area contributed by atoms with E-state index in [4.69, 9.17) is 0 Å². The molecule has 2 nitrogen and oxygen atoms in total. The average molecular weight is 178 g/mol. The summed E-state index contributed by atoms with van der Waals surface area (Å²) in [6.45, 7) is 2.06. The third-order valence-electron chi connectivity index (χ3n) is 3.12. The number of carbonyl (C=O) groups excluding carboxylic acids is 1. The highest BCUT2D eigenvalue weighted by Gasteiger charge is 2.38. The summed E-state index contributed by atoms with van der Waals surface area (Å²) < 4.78 is 0. The second-order valence-corrected chi connectivity index (χ2v) is 3.96. The van der Waals surface area contributed by atoms with Gasteiger partial charge >= 0.3 is 0 Å². The Labute approximate surface area is 78.0 Å². The number of fused-ring (bicyclic) bond motifs is 1. The molecule has 0 fully saturated rings. The van der Waals surface area contributed by atoms with Gasteiger partial charge in [0.2, 0.25) is 0 Å². The average Bonchev–Trinajstić information content (AvgIpc) is 2.12. The minimum Gasteiger partial charge on any atom is -0.389 e. The summed E-state index contributed by atoms with van der Waals surface area (Å²) in [6.07, 6.45) is 7.64. The molecule has 13 heavy (non-hydrogen) atoms. The van der Waals surface area contributed by atoms with E-state index in [1.807, 2.05) is 0 Å². The van der Waals surface area contributed by atoms with E-state index in [1.54, 1.807) is 6.08 Å². The Bertz CT molecular complexity index is 278. The Kier molecular flexibility index (Phi) is 2.08. The third kappa shape index (κ3) is 1.35. The molecular weight excluding hydrogens is 164 g/mol. The van der Waals surface area contributed by atoms with Gasteiger partial charge in [0.05, 0.1) is 6.10 Å². The molecule has 0 heterocycles. The van der Waals surface area contributed by atoms with Crippen LogP contribution in [-0.2, 0) is 4.79 Å². The Balaban J connectivity index is 2.32. The van der Waals surface area contributed by atoms with E-state index in [2.05, 4.69) is 19.1 Å². The number of allylic oxidation sites excluding steroid dienone is 3. The Morgan fingerprint density at radius 1 is 1.46 bits per heavy atom. The summed E-state index contributed by atoms with van der Waals surface area (Å²) in [4.78, 5) is 11.5. The normalized spacial score (nSPS) is 43.4. The second-order valence-electron chi connectivity index (χ2n) is 3.96. The molecule has 0 saturated carbocycles. The lowest BCUT2D eigenvalue weighted by Crippen LogP contribution is -2.39. The molecule has 0 aromatic rings. The van der Waals surface area contributed by atoms with E-state index >= 15 is 0 Å². The van der Waals surface area contributed by atoms with E-state index in [1.165, 1.54) is 6.08 Å². The summed E-state index contributed by atoms with van der Waals surface area (Å²) in [5, 5.41) is 9.72. The first kappa shape index (κ1) is 8.70. The van der Waals surface area contributed by atoms with Gasteiger partial charge in [-0.3, -0.25) is 4.79 Å². The number of aliphatic hydroxyl groups is 1. The number of hydrogen-bond donors (Lipinski definition) is 1. The van der Waals surface area contributed by atoms with E-state index in [-0.39, 0.29) is 17.6 Å². The summed E-state index contributed by atoms with van der Waals surface area (Å²) in [6, 6.07) is 0. The predicted molar refractivity (Wildman–Crippen MR) is 50.1 cm³/mol. The van der Waals surface area contributed by atoms with Gasteiger partial charge in [0.15, 0.2) is 5.78 Å². The molecule has 0 bridgehead atoms. The minimum absolute atomic E-state index is 0.0139. The van der Waals surface area contributed by atoms with Crippen molar-refractivity contribution < 1.29 is 9.90 Å². The fourth-order valence-electron chi connectivity index (χ4n) is 2.39. The van der Waals surface area contributed by atoms with E-state index < -0.39 is 6.10 Å². The van der Waals surface area contributed by atoms with Gasteiger partial charge in [-0.2, -0.15) is 0 Å². The monoisotopic (exact) mass is 178 g/mol. The smallest absolute Gasteiger partial charge is 0.159 e. The molecule has 0 aromatic heterocycles. The van der Waals surface area contributed by atoms with Crippen LogP contribution in [0.3, 0.4) is 0 Å². The maximum absolute atomic E-state index is 11.5. The van der Waals surface area contributed by atoms with Crippen molar-refractivity contribution in [3.8, 4) is 0 Å². The van der Waals surface area contributed by atoms with Gasteiger partial charge in [-0.25, -0.2) is 0 Å². The van der Waals surface area contributed by atoms with Crippen molar-refractivity contribution in [3.05, 3.63) is 24.3 Å². The van der Waals surface area contributed by atoms with Crippen molar-refractivity contribution in [1.29, 1.82) is 0 Å². The zero-order valence-electron chi connectivity index (χ0n) is 7.68. The van der Waals surface area contributed by atoms with Crippen LogP contribution in [0.1, 0.15) is 13.3 Å². The highest BCUT2D eigenvalue weighted by molar-refractivity contribution is 5.93. The van der Waals surface area contributed by atoms with Gasteiger partial charge in [-0.1, -0.05) is 25.2 Å². The molecule has 0 aromatic carbocycles. The maximum Gasteiger partial charge on any atom is 0.159 e. The van der Waals surface area contributed by atoms with Crippen molar-refractivity contribution in [2.24, 2.45) is 17.8 Å². The lowest BCUT2D eigenvalue weighted by Gasteiger charge is -2.36. The SMILES string of the molecule is CC1C=CCC2C(=O)C=CC(O)C12. The summed E-state index contributed by atoms with van der Waals surface area (Å²) in [7, 11) is 0. The van der Waals surface area contributed by atoms with Crippen molar-refractivity contribution in [3.63, 3.8) is 0 Å². The van der Waals surface area contributed by atoms with Crippen molar-refractivity contribution in [2.45, 2.75) is 19.4 Å². The maximum atomic E-state index is 11.5. The molecule has 2 aliphatic rings. The van der Waals surface area contributed by atoms with Crippen LogP contribution in [-0.4, -0.2) is 17.0 Å². The molecule has 2 heteroatoms. The zero-order valence-corrected chi connectivity index (χ0v) is 7.68. The van der Waals surface area contributed by atoms with E-state index in [0.717, 1.165) is 6.42 Å². The van der Waals surface area contributed by atoms with Crippen LogP contribution < -0.4 is 0 Å². The van der Waals surface area contributed by atoms with Gasteiger partial charge in [0, 0.05) is 11.8 Å². The van der Waals surface area contributed by atoms with Crippen LogP contribution in [0.25, 0.3) is 0 Å². The Morgan fingerprint density at radius 2 is 2.23 bits per heavy atom. The molecular formula is C11H14O2. The van der Waals surface area contributed by atoms with Crippen LogP contribution in [0.2, 0.25) is 0 Å². The van der Waals surface area contributed by atoms with Crippen molar-refractivity contribution in [2.75, 3.05) is 0 Å². The molecule has 2 rings (SSSR count). The van der Waals surface area contributed by atoms with Crippen LogP contribution >= 0.6 is 0 Å². The number of carbonyl (C=O) groups is 1. The lowest BCUT2D eigenvalue weighted by atomic mass is 9.69. The van der Waals surface area contributed by atoms with Crippen LogP contribution in [0.5, 0.6) is 0 Å². The first-order valence-electron chi connectivity index (χ1n) is 4.77. The predicted octanol–water partition coefficient (Wildman–Crippen LogP) is 1.31. The standard InChI is InChI=1S/C11H14O2/c1-7-3-2-4-8-9(12)5-6-10(13)11(7)8/h2-3,5-8,10-11,13H,4H2,1H3. The lowest BCUT2D eigenvalue weighted by molar-refractivity contribution is -0.123. The van der Waals surface area contributed by atoms with Crippen LogP contribution in [0, 0.1) is 17.8 Å². The fraction of sp³-hybridized carbons (Fsp3) is 0.545. The largest absolute Gasteiger partial charge is 0.389 e. The topological polar surface area (TPSA) is 37.3 Å². The molecule has 70 valence electrons. The first-order chi connectivity index (χ1) is 6.20. The van der Waals surface area contributed by atoms with E-state index in [0.29, 0.717) is 5.92 Å². The van der Waals surface area contributed by atoms with Crippen LogP contribution in [0.4, 0.5) is 0 Å². The molecule has 1 N–H and O–H groups in total. The molecule has 0 radical (unpaired) electrons. The highest BCUT2D eigenvalue weighted by atomic mass is 16.3. The zero-order chi connectivity index (χ0) is 9.42. The molecule has 4 unspecified atom stereocenters. The van der Waals surface area contributed by atoms with Gasteiger partial charge in [0.25, 0.3) is 0 Å². The van der Waals surface area contributed by atoms with E-state index in [9.17, 15) is 9.90 Å². The molecule has 0 amide bonds. The first-order valence-corrected chi connectivity index (χ1v) is 4.77.